The Morgan fingerprint density at radius 3 is 2.53 bits per heavy atom. The van der Waals surface area contributed by atoms with Gasteiger partial charge in [0.2, 0.25) is 0 Å². The SMILES string of the molecule is Cc1ccc(NCC2(N(C)C)CCCC2)nc1. The molecule has 0 saturated heterocycles. The van der Waals surface area contributed by atoms with Gasteiger partial charge in [-0.3, -0.25) is 0 Å². The highest BCUT2D eigenvalue weighted by atomic mass is 15.2. The van der Waals surface area contributed by atoms with E-state index in [0.717, 1.165) is 12.4 Å². The summed E-state index contributed by atoms with van der Waals surface area (Å²) in [5, 5.41) is 3.48. The second-order valence-electron chi connectivity index (χ2n) is 5.40. The molecule has 1 heterocycles. The highest BCUT2D eigenvalue weighted by Gasteiger charge is 2.35. The maximum Gasteiger partial charge on any atom is 0.125 e. The summed E-state index contributed by atoms with van der Waals surface area (Å²) in [5.74, 6) is 0.990. The third kappa shape index (κ3) is 2.78. The van der Waals surface area contributed by atoms with Crippen LogP contribution >= 0.6 is 0 Å². The number of anilines is 1. The Kier molecular flexibility index (Phi) is 3.67. The minimum Gasteiger partial charge on any atom is -0.368 e. The summed E-state index contributed by atoms with van der Waals surface area (Å²) in [6, 6.07) is 4.17. The largest absolute Gasteiger partial charge is 0.368 e. The Hall–Kier alpha value is -1.09. The molecule has 1 fully saturated rings. The maximum absolute atomic E-state index is 4.40. The lowest BCUT2D eigenvalue weighted by Gasteiger charge is -2.36. The number of aryl methyl sites for hydroxylation is 1. The summed E-state index contributed by atoms with van der Waals surface area (Å²) in [5.41, 5.74) is 1.53. The van der Waals surface area contributed by atoms with Crippen LogP contribution in [0.15, 0.2) is 18.3 Å². The summed E-state index contributed by atoms with van der Waals surface area (Å²) in [6.07, 6.45) is 7.19. The first kappa shape index (κ1) is 12.4. The van der Waals surface area contributed by atoms with Crippen molar-refractivity contribution >= 4 is 5.82 Å². The highest BCUT2D eigenvalue weighted by Crippen LogP contribution is 2.33. The molecule has 1 N–H and O–H groups in total. The monoisotopic (exact) mass is 233 g/mol. The van der Waals surface area contributed by atoms with Crippen LogP contribution < -0.4 is 5.32 Å². The normalized spacial score (nSPS) is 18.6. The zero-order valence-electron chi connectivity index (χ0n) is 11.2. The summed E-state index contributed by atoms with van der Waals surface area (Å²) in [4.78, 5) is 6.78. The van der Waals surface area contributed by atoms with E-state index in [2.05, 4.69) is 48.4 Å². The molecule has 0 atom stereocenters. The van der Waals surface area contributed by atoms with Crippen molar-refractivity contribution in [3.05, 3.63) is 23.9 Å². The smallest absolute Gasteiger partial charge is 0.125 e. The Balaban J connectivity index is 1.98. The van der Waals surface area contributed by atoms with E-state index >= 15 is 0 Å². The molecule has 3 heteroatoms. The molecule has 0 unspecified atom stereocenters. The number of pyridine rings is 1. The van der Waals surface area contributed by atoms with Crippen molar-refractivity contribution in [1.29, 1.82) is 0 Å². The topological polar surface area (TPSA) is 28.2 Å². The summed E-state index contributed by atoms with van der Waals surface area (Å²) in [7, 11) is 4.38. The summed E-state index contributed by atoms with van der Waals surface area (Å²) < 4.78 is 0. The molecule has 17 heavy (non-hydrogen) atoms. The van der Waals surface area contributed by atoms with Crippen LogP contribution in [0.2, 0.25) is 0 Å². The molecule has 0 spiro atoms. The van der Waals surface area contributed by atoms with E-state index in [1.165, 1.54) is 31.2 Å². The number of nitrogens with one attached hydrogen (secondary N) is 1. The van der Waals surface area contributed by atoms with Gasteiger partial charge in [-0.25, -0.2) is 4.98 Å². The molecule has 0 aliphatic heterocycles. The predicted molar refractivity (Wildman–Crippen MR) is 72.3 cm³/mol. The van der Waals surface area contributed by atoms with Crippen LogP contribution in [0.1, 0.15) is 31.2 Å². The van der Waals surface area contributed by atoms with Crippen LogP contribution in [0.3, 0.4) is 0 Å². The maximum atomic E-state index is 4.40. The minimum atomic E-state index is 0.326. The van der Waals surface area contributed by atoms with E-state index in [9.17, 15) is 0 Å². The van der Waals surface area contributed by atoms with Crippen molar-refractivity contribution in [3.63, 3.8) is 0 Å². The van der Waals surface area contributed by atoms with Crippen molar-refractivity contribution < 1.29 is 0 Å². The van der Waals surface area contributed by atoms with Gasteiger partial charge in [0, 0.05) is 18.3 Å². The summed E-state index contributed by atoms with van der Waals surface area (Å²) >= 11 is 0. The third-order valence-corrected chi connectivity index (χ3v) is 3.99. The van der Waals surface area contributed by atoms with Crippen molar-refractivity contribution in [2.75, 3.05) is 26.0 Å². The number of hydrogen-bond donors (Lipinski definition) is 1. The molecule has 2 rings (SSSR count). The lowest BCUT2D eigenvalue weighted by molar-refractivity contribution is 0.172. The molecule has 3 nitrogen and oxygen atoms in total. The van der Waals surface area contributed by atoms with Crippen LogP contribution in [0.4, 0.5) is 5.82 Å². The van der Waals surface area contributed by atoms with Gasteiger partial charge in [0.1, 0.15) is 5.82 Å². The zero-order chi connectivity index (χ0) is 12.3. The fraction of sp³-hybridized carbons (Fsp3) is 0.643. The van der Waals surface area contributed by atoms with Gasteiger partial charge >= 0.3 is 0 Å². The van der Waals surface area contributed by atoms with Gasteiger partial charge in [-0.05, 0) is 45.5 Å². The highest BCUT2D eigenvalue weighted by molar-refractivity contribution is 5.36. The van der Waals surface area contributed by atoms with Gasteiger partial charge in [-0.15, -0.1) is 0 Å². The second-order valence-corrected chi connectivity index (χ2v) is 5.40. The second kappa shape index (κ2) is 5.05. The Morgan fingerprint density at radius 1 is 1.29 bits per heavy atom. The van der Waals surface area contributed by atoms with E-state index in [1.54, 1.807) is 0 Å². The molecule has 0 amide bonds. The molecule has 0 bridgehead atoms. The van der Waals surface area contributed by atoms with Crippen LogP contribution in [0.25, 0.3) is 0 Å². The van der Waals surface area contributed by atoms with Crippen molar-refractivity contribution in [2.24, 2.45) is 0 Å². The first-order chi connectivity index (χ1) is 8.12. The molecule has 94 valence electrons. The average molecular weight is 233 g/mol. The molecule has 1 aliphatic carbocycles. The number of hydrogen-bond acceptors (Lipinski definition) is 3. The van der Waals surface area contributed by atoms with E-state index in [0.29, 0.717) is 5.54 Å². The van der Waals surface area contributed by atoms with Crippen LogP contribution in [-0.2, 0) is 0 Å². The lowest BCUT2D eigenvalue weighted by Crippen LogP contribution is -2.47. The Bertz CT molecular complexity index is 350. The third-order valence-electron chi connectivity index (χ3n) is 3.99. The number of likely N-dealkylation sites (N-methyl/N-ethyl adjacent to an activating group) is 1. The van der Waals surface area contributed by atoms with E-state index in [-0.39, 0.29) is 0 Å². The number of rotatable bonds is 4. The van der Waals surface area contributed by atoms with Crippen LogP contribution in [0.5, 0.6) is 0 Å². The van der Waals surface area contributed by atoms with Crippen molar-refractivity contribution in [3.8, 4) is 0 Å². The molecule has 1 aromatic heterocycles. The standard InChI is InChI=1S/C14H23N3/c1-12-6-7-13(15-10-12)16-11-14(17(2)3)8-4-5-9-14/h6-7,10H,4-5,8-9,11H2,1-3H3,(H,15,16). The summed E-state index contributed by atoms with van der Waals surface area (Å²) in [6.45, 7) is 3.06. The molecule has 0 aromatic carbocycles. The van der Waals surface area contributed by atoms with Gasteiger partial charge in [0.05, 0.1) is 0 Å². The van der Waals surface area contributed by atoms with E-state index < -0.39 is 0 Å². The molecule has 1 aromatic rings. The number of nitrogens with zero attached hydrogens (tertiary/aromatic N) is 2. The fourth-order valence-electron chi connectivity index (χ4n) is 2.64. The van der Waals surface area contributed by atoms with Gasteiger partial charge < -0.3 is 10.2 Å². The molecular formula is C14H23N3. The molecule has 0 radical (unpaired) electrons. The first-order valence-corrected chi connectivity index (χ1v) is 6.46. The number of aromatic nitrogens is 1. The van der Waals surface area contributed by atoms with E-state index in [1.807, 2.05) is 6.20 Å². The zero-order valence-corrected chi connectivity index (χ0v) is 11.2. The van der Waals surface area contributed by atoms with Crippen molar-refractivity contribution in [2.45, 2.75) is 38.1 Å². The molecule has 1 saturated carbocycles. The van der Waals surface area contributed by atoms with Gasteiger partial charge in [0.25, 0.3) is 0 Å². The fourth-order valence-corrected chi connectivity index (χ4v) is 2.64. The lowest BCUT2D eigenvalue weighted by atomic mass is 9.96. The Labute approximate surface area is 104 Å². The van der Waals surface area contributed by atoms with E-state index in [4.69, 9.17) is 0 Å². The van der Waals surface area contributed by atoms with Crippen LogP contribution in [-0.4, -0.2) is 36.1 Å². The quantitative estimate of drug-likeness (QED) is 0.866. The van der Waals surface area contributed by atoms with Gasteiger partial charge in [0.15, 0.2) is 0 Å². The Morgan fingerprint density at radius 2 is 2.00 bits per heavy atom. The van der Waals surface area contributed by atoms with Gasteiger partial charge in [-0.1, -0.05) is 18.9 Å². The van der Waals surface area contributed by atoms with Crippen LogP contribution in [0, 0.1) is 6.92 Å². The van der Waals surface area contributed by atoms with Crippen molar-refractivity contribution in [1.82, 2.24) is 9.88 Å². The average Bonchev–Trinajstić information content (AvgIpc) is 2.78. The molecular weight excluding hydrogens is 210 g/mol. The first-order valence-electron chi connectivity index (χ1n) is 6.46. The predicted octanol–water partition coefficient (Wildman–Crippen LogP) is 2.68. The minimum absolute atomic E-state index is 0.326. The van der Waals surface area contributed by atoms with Gasteiger partial charge in [-0.2, -0.15) is 0 Å². The molecule has 1 aliphatic rings.